The fourth-order valence-electron chi connectivity index (χ4n) is 4.25. The van der Waals surface area contributed by atoms with Crippen LogP contribution in [0.25, 0.3) is 0 Å². The molecular formula is C19H26N2O. The summed E-state index contributed by atoms with van der Waals surface area (Å²) in [5, 5.41) is 0. The molecule has 3 heteroatoms. The van der Waals surface area contributed by atoms with Crippen molar-refractivity contribution in [2.24, 2.45) is 11.8 Å². The van der Waals surface area contributed by atoms with Crippen molar-refractivity contribution in [3.63, 3.8) is 0 Å². The summed E-state index contributed by atoms with van der Waals surface area (Å²) in [5.41, 5.74) is 2.17. The zero-order chi connectivity index (χ0) is 15.3. The Kier molecular flexibility index (Phi) is 3.30. The van der Waals surface area contributed by atoms with E-state index in [4.69, 9.17) is 0 Å². The Morgan fingerprint density at radius 3 is 2.77 bits per heavy atom. The van der Waals surface area contributed by atoms with Crippen molar-refractivity contribution in [1.82, 2.24) is 4.90 Å². The van der Waals surface area contributed by atoms with Crippen molar-refractivity contribution in [3.8, 4) is 0 Å². The Morgan fingerprint density at radius 1 is 1.27 bits per heavy atom. The van der Waals surface area contributed by atoms with Crippen molar-refractivity contribution in [2.45, 2.75) is 38.5 Å². The average Bonchev–Trinajstić information content (AvgIpc) is 3.16. The second-order valence-corrected chi connectivity index (χ2v) is 7.84. The molecule has 2 aliphatic heterocycles. The minimum Gasteiger partial charge on any atom is -0.311 e. The lowest BCUT2D eigenvalue weighted by atomic mass is 9.81. The molecule has 4 rings (SSSR count). The predicted octanol–water partition coefficient (Wildman–Crippen LogP) is 3.04. The van der Waals surface area contributed by atoms with Crippen molar-refractivity contribution in [3.05, 3.63) is 29.8 Å². The van der Waals surface area contributed by atoms with Gasteiger partial charge in [-0.1, -0.05) is 32.0 Å². The maximum Gasteiger partial charge on any atom is 0.239 e. The highest BCUT2D eigenvalue weighted by atomic mass is 16.2. The summed E-state index contributed by atoms with van der Waals surface area (Å²) in [5.74, 6) is 1.74. The van der Waals surface area contributed by atoms with E-state index in [1.807, 2.05) is 0 Å². The smallest absolute Gasteiger partial charge is 0.239 e. The number of nitrogens with zero attached hydrogens (tertiary/aromatic N) is 2. The van der Waals surface area contributed by atoms with Crippen LogP contribution in [0.4, 0.5) is 5.69 Å². The fraction of sp³-hybridized carbons (Fsp3) is 0.632. The molecule has 2 heterocycles. The second-order valence-electron chi connectivity index (χ2n) is 7.84. The van der Waals surface area contributed by atoms with E-state index in [9.17, 15) is 4.79 Å². The van der Waals surface area contributed by atoms with Crippen molar-refractivity contribution >= 4 is 11.6 Å². The third-order valence-electron chi connectivity index (χ3n) is 5.47. The molecule has 1 aliphatic carbocycles. The van der Waals surface area contributed by atoms with Gasteiger partial charge in [-0.05, 0) is 49.3 Å². The minimum atomic E-state index is -0.264. The lowest BCUT2D eigenvalue weighted by Crippen LogP contribution is -2.43. The number of hydrogen-bond acceptors (Lipinski definition) is 2. The van der Waals surface area contributed by atoms with Crippen molar-refractivity contribution in [1.29, 1.82) is 0 Å². The number of carbonyl (C=O) groups excluding carboxylic acids is 1. The molecule has 0 aromatic heterocycles. The largest absolute Gasteiger partial charge is 0.311 e. The molecular weight excluding hydrogens is 272 g/mol. The molecule has 0 radical (unpaired) electrons. The summed E-state index contributed by atoms with van der Waals surface area (Å²) in [4.78, 5) is 17.9. The van der Waals surface area contributed by atoms with Crippen LogP contribution in [0, 0.1) is 11.8 Å². The number of benzene rings is 1. The maximum absolute atomic E-state index is 13.3. The van der Waals surface area contributed by atoms with Gasteiger partial charge in [0, 0.05) is 25.3 Å². The highest BCUT2D eigenvalue weighted by Crippen LogP contribution is 2.48. The number of rotatable bonds is 4. The Labute approximate surface area is 133 Å². The van der Waals surface area contributed by atoms with E-state index in [1.165, 1.54) is 24.9 Å². The van der Waals surface area contributed by atoms with Gasteiger partial charge in [0.15, 0.2) is 0 Å². The topological polar surface area (TPSA) is 23.6 Å². The van der Waals surface area contributed by atoms with Crippen molar-refractivity contribution in [2.75, 3.05) is 31.1 Å². The van der Waals surface area contributed by atoms with Gasteiger partial charge in [-0.3, -0.25) is 4.79 Å². The van der Waals surface area contributed by atoms with E-state index in [0.717, 1.165) is 37.7 Å². The van der Waals surface area contributed by atoms with Crippen LogP contribution in [0.5, 0.6) is 0 Å². The van der Waals surface area contributed by atoms with Gasteiger partial charge in [0.1, 0.15) is 0 Å². The Balaban J connectivity index is 1.66. The number of hydrogen-bond donors (Lipinski definition) is 0. The van der Waals surface area contributed by atoms with Gasteiger partial charge < -0.3 is 9.80 Å². The lowest BCUT2D eigenvalue weighted by Gasteiger charge is -2.25. The Bertz CT molecular complexity index is 593. The molecule has 3 aliphatic rings. The number of likely N-dealkylation sites (tertiary alicyclic amines) is 1. The number of para-hydroxylation sites is 1. The number of carbonyl (C=O) groups is 1. The maximum atomic E-state index is 13.3. The van der Waals surface area contributed by atoms with E-state index < -0.39 is 0 Å². The minimum absolute atomic E-state index is 0.264. The predicted molar refractivity (Wildman–Crippen MR) is 89.1 cm³/mol. The Hall–Kier alpha value is -1.35. The summed E-state index contributed by atoms with van der Waals surface area (Å²) < 4.78 is 0. The molecule has 1 aromatic carbocycles. The highest BCUT2D eigenvalue weighted by Gasteiger charge is 2.54. The third-order valence-corrected chi connectivity index (χ3v) is 5.47. The van der Waals surface area contributed by atoms with Crippen LogP contribution < -0.4 is 4.90 Å². The van der Waals surface area contributed by atoms with Crippen LogP contribution >= 0.6 is 0 Å². The summed E-state index contributed by atoms with van der Waals surface area (Å²) in [7, 11) is 0. The van der Waals surface area contributed by atoms with Crippen LogP contribution in [0.2, 0.25) is 0 Å². The molecule has 1 atom stereocenters. The first-order valence-electron chi connectivity index (χ1n) is 8.74. The SMILES string of the molecule is CC(C)CN1C(=O)[C@]2(CCN(CC3CC3)C2)c2ccccc21. The first-order chi connectivity index (χ1) is 10.6. The molecule has 1 aromatic rings. The quantitative estimate of drug-likeness (QED) is 0.853. The van der Waals surface area contributed by atoms with Crippen LogP contribution in [0.1, 0.15) is 38.7 Å². The zero-order valence-electron chi connectivity index (χ0n) is 13.7. The van der Waals surface area contributed by atoms with E-state index in [2.05, 4.69) is 47.9 Å². The first-order valence-corrected chi connectivity index (χ1v) is 8.74. The van der Waals surface area contributed by atoms with E-state index in [0.29, 0.717) is 11.8 Å². The normalized spacial score (nSPS) is 28.1. The lowest BCUT2D eigenvalue weighted by molar-refractivity contribution is -0.122. The highest BCUT2D eigenvalue weighted by molar-refractivity contribution is 6.08. The summed E-state index contributed by atoms with van der Waals surface area (Å²) >= 11 is 0. The molecule has 2 fully saturated rings. The fourth-order valence-corrected chi connectivity index (χ4v) is 4.25. The number of anilines is 1. The van der Waals surface area contributed by atoms with E-state index in [-0.39, 0.29) is 5.41 Å². The van der Waals surface area contributed by atoms with Gasteiger partial charge in [0.2, 0.25) is 5.91 Å². The van der Waals surface area contributed by atoms with Gasteiger partial charge in [-0.25, -0.2) is 0 Å². The van der Waals surface area contributed by atoms with Gasteiger partial charge in [0.25, 0.3) is 0 Å². The number of fused-ring (bicyclic) bond motifs is 2. The second kappa shape index (κ2) is 5.09. The molecule has 1 amide bonds. The van der Waals surface area contributed by atoms with Crippen LogP contribution in [0.3, 0.4) is 0 Å². The Morgan fingerprint density at radius 2 is 2.05 bits per heavy atom. The average molecular weight is 298 g/mol. The first kappa shape index (κ1) is 14.3. The molecule has 118 valence electrons. The monoisotopic (exact) mass is 298 g/mol. The summed E-state index contributed by atoms with van der Waals surface area (Å²) in [6.07, 6.45) is 3.76. The molecule has 22 heavy (non-hydrogen) atoms. The van der Waals surface area contributed by atoms with E-state index in [1.54, 1.807) is 0 Å². The molecule has 0 unspecified atom stereocenters. The van der Waals surface area contributed by atoms with Crippen LogP contribution in [-0.2, 0) is 10.2 Å². The molecule has 3 nitrogen and oxygen atoms in total. The summed E-state index contributed by atoms with van der Waals surface area (Å²) in [6, 6.07) is 8.48. The van der Waals surface area contributed by atoms with Crippen LogP contribution in [-0.4, -0.2) is 37.0 Å². The van der Waals surface area contributed by atoms with Gasteiger partial charge >= 0.3 is 0 Å². The molecule has 1 saturated carbocycles. The molecule has 1 spiro atoms. The van der Waals surface area contributed by atoms with Crippen molar-refractivity contribution < 1.29 is 4.79 Å². The van der Waals surface area contributed by atoms with Gasteiger partial charge in [-0.2, -0.15) is 0 Å². The van der Waals surface area contributed by atoms with E-state index >= 15 is 0 Å². The van der Waals surface area contributed by atoms with Gasteiger partial charge in [-0.15, -0.1) is 0 Å². The molecule has 1 saturated heterocycles. The molecule has 0 bridgehead atoms. The standard InChI is InChI=1S/C19H26N2O/c1-14(2)11-21-17-6-4-3-5-16(17)19(18(21)22)9-10-20(13-19)12-15-7-8-15/h3-6,14-15H,7-13H2,1-2H3/t19-/m0/s1. The summed E-state index contributed by atoms with van der Waals surface area (Å²) in [6.45, 7) is 8.41. The third kappa shape index (κ3) is 2.18. The van der Waals surface area contributed by atoms with Crippen LogP contribution in [0.15, 0.2) is 24.3 Å². The zero-order valence-corrected chi connectivity index (χ0v) is 13.7. The van der Waals surface area contributed by atoms with Gasteiger partial charge in [0.05, 0.1) is 5.41 Å². The molecule has 0 N–H and O–H groups in total. The number of amides is 1.